The van der Waals surface area contributed by atoms with Gasteiger partial charge in [-0.05, 0) is 30.5 Å². The Morgan fingerprint density at radius 2 is 2.11 bits per heavy atom. The summed E-state index contributed by atoms with van der Waals surface area (Å²) in [6.45, 7) is 3.53. The largest absolute Gasteiger partial charge is 0.497 e. The molecule has 27 heavy (non-hydrogen) atoms. The first-order valence-electron chi connectivity index (χ1n) is 8.91. The van der Waals surface area contributed by atoms with E-state index in [9.17, 15) is 9.59 Å². The van der Waals surface area contributed by atoms with Crippen molar-refractivity contribution < 1.29 is 19.1 Å². The van der Waals surface area contributed by atoms with Gasteiger partial charge in [-0.25, -0.2) is 0 Å². The van der Waals surface area contributed by atoms with Crippen LogP contribution in [0.5, 0.6) is 11.5 Å². The molecule has 1 unspecified atom stereocenters. The van der Waals surface area contributed by atoms with Gasteiger partial charge in [-0.2, -0.15) is 0 Å². The molecule has 6 nitrogen and oxygen atoms in total. The standard InChI is InChI=1S/C20H24N2O4S/c1-4-21(13-16-6-5-9-27-16)20(24)14-10-19(23)22(12-14)17-8-7-15(25-2)11-18(17)26-3/h5-9,11,14H,4,10,12-13H2,1-3H3. The van der Waals surface area contributed by atoms with Crippen molar-refractivity contribution in [2.24, 2.45) is 5.92 Å². The van der Waals surface area contributed by atoms with Crippen LogP contribution in [0.1, 0.15) is 18.2 Å². The molecule has 2 amide bonds. The zero-order valence-electron chi connectivity index (χ0n) is 15.8. The van der Waals surface area contributed by atoms with Crippen LogP contribution in [0.3, 0.4) is 0 Å². The minimum absolute atomic E-state index is 0.0224. The number of rotatable bonds is 7. The Hall–Kier alpha value is -2.54. The van der Waals surface area contributed by atoms with Gasteiger partial charge in [-0.3, -0.25) is 9.59 Å². The molecule has 1 atom stereocenters. The zero-order chi connectivity index (χ0) is 19.4. The molecule has 1 saturated heterocycles. The summed E-state index contributed by atoms with van der Waals surface area (Å²) in [4.78, 5) is 30.2. The molecule has 1 aromatic heterocycles. The molecule has 144 valence electrons. The molecule has 2 heterocycles. The Morgan fingerprint density at radius 1 is 1.30 bits per heavy atom. The predicted octanol–water partition coefficient (Wildman–Crippen LogP) is 3.17. The molecule has 0 spiro atoms. The molecule has 1 aliphatic heterocycles. The number of amides is 2. The van der Waals surface area contributed by atoms with Crippen molar-refractivity contribution in [1.82, 2.24) is 4.90 Å². The van der Waals surface area contributed by atoms with Crippen molar-refractivity contribution in [3.63, 3.8) is 0 Å². The quantitative estimate of drug-likeness (QED) is 0.731. The number of anilines is 1. The third kappa shape index (κ3) is 4.08. The number of carbonyl (C=O) groups excluding carboxylic acids is 2. The van der Waals surface area contributed by atoms with E-state index in [0.717, 1.165) is 4.88 Å². The van der Waals surface area contributed by atoms with Crippen molar-refractivity contribution >= 4 is 28.8 Å². The molecule has 2 aromatic rings. The van der Waals surface area contributed by atoms with Crippen LogP contribution in [0.2, 0.25) is 0 Å². The Balaban J connectivity index is 1.75. The summed E-state index contributed by atoms with van der Waals surface area (Å²) in [5, 5.41) is 2.00. The van der Waals surface area contributed by atoms with E-state index in [4.69, 9.17) is 9.47 Å². The van der Waals surface area contributed by atoms with E-state index in [1.54, 1.807) is 48.7 Å². The average Bonchev–Trinajstić information content (AvgIpc) is 3.34. The molecule has 0 N–H and O–H groups in total. The van der Waals surface area contributed by atoms with E-state index in [-0.39, 0.29) is 24.2 Å². The van der Waals surface area contributed by atoms with Crippen LogP contribution in [-0.4, -0.2) is 44.0 Å². The van der Waals surface area contributed by atoms with E-state index in [1.807, 2.05) is 29.3 Å². The lowest BCUT2D eigenvalue weighted by Gasteiger charge is -2.24. The second-order valence-electron chi connectivity index (χ2n) is 6.37. The molecule has 0 aliphatic carbocycles. The summed E-state index contributed by atoms with van der Waals surface area (Å²) in [6.07, 6.45) is 0.217. The second kappa shape index (κ2) is 8.43. The number of ether oxygens (including phenoxy) is 2. The first-order chi connectivity index (χ1) is 13.1. The van der Waals surface area contributed by atoms with E-state index >= 15 is 0 Å². The lowest BCUT2D eigenvalue weighted by Crippen LogP contribution is -2.36. The maximum Gasteiger partial charge on any atom is 0.228 e. The number of carbonyl (C=O) groups is 2. The van der Waals surface area contributed by atoms with Crippen LogP contribution in [-0.2, 0) is 16.1 Å². The number of hydrogen-bond donors (Lipinski definition) is 0. The average molecular weight is 388 g/mol. The molecule has 0 saturated carbocycles. The lowest BCUT2D eigenvalue weighted by atomic mass is 10.1. The van der Waals surface area contributed by atoms with Gasteiger partial charge in [0.25, 0.3) is 0 Å². The van der Waals surface area contributed by atoms with Crippen LogP contribution in [0, 0.1) is 5.92 Å². The molecular weight excluding hydrogens is 364 g/mol. The highest BCUT2D eigenvalue weighted by molar-refractivity contribution is 7.09. The molecular formula is C20H24N2O4S. The summed E-state index contributed by atoms with van der Waals surface area (Å²) < 4.78 is 10.6. The normalized spacial score (nSPS) is 16.5. The van der Waals surface area contributed by atoms with E-state index in [1.165, 1.54) is 0 Å². The van der Waals surface area contributed by atoms with Gasteiger partial charge in [0.1, 0.15) is 11.5 Å². The van der Waals surface area contributed by atoms with Crippen molar-refractivity contribution in [3.8, 4) is 11.5 Å². The molecule has 0 radical (unpaired) electrons. The summed E-state index contributed by atoms with van der Waals surface area (Å²) in [5.41, 5.74) is 0.667. The van der Waals surface area contributed by atoms with Gasteiger partial charge in [0.2, 0.25) is 11.8 Å². The molecule has 7 heteroatoms. The minimum Gasteiger partial charge on any atom is -0.497 e. The van der Waals surface area contributed by atoms with Gasteiger partial charge >= 0.3 is 0 Å². The van der Waals surface area contributed by atoms with Crippen molar-refractivity contribution in [3.05, 3.63) is 40.6 Å². The first kappa shape index (κ1) is 19.2. The number of thiophene rings is 1. The van der Waals surface area contributed by atoms with Gasteiger partial charge in [0.05, 0.1) is 32.4 Å². The highest BCUT2D eigenvalue weighted by atomic mass is 32.1. The fourth-order valence-electron chi connectivity index (χ4n) is 3.31. The van der Waals surface area contributed by atoms with Gasteiger partial charge in [0.15, 0.2) is 0 Å². The van der Waals surface area contributed by atoms with Crippen LogP contribution in [0.15, 0.2) is 35.7 Å². The van der Waals surface area contributed by atoms with Crippen LogP contribution < -0.4 is 14.4 Å². The van der Waals surface area contributed by atoms with Gasteiger partial charge < -0.3 is 19.3 Å². The summed E-state index contributed by atoms with van der Waals surface area (Å²) >= 11 is 1.63. The Labute approximate surface area is 163 Å². The smallest absolute Gasteiger partial charge is 0.228 e. The van der Waals surface area contributed by atoms with Crippen LogP contribution in [0.4, 0.5) is 5.69 Å². The van der Waals surface area contributed by atoms with Gasteiger partial charge in [-0.1, -0.05) is 6.07 Å². The SMILES string of the molecule is CCN(Cc1cccs1)C(=O)C1CC(=O)N(c2ccc(OC)cc2OC)C1. The van der Waals surface area contributed by atoms with Crippen LogP contribution in [0.25, 0.3) is 0 Å². The minimum atomic E-state index is -0.343. The van der Waals surface area contributed by atoms with Gasteiger partial charge in [-0.15, -0.1) is 11.3 Å². The Bertz CT molecular complexity index is 806. The molecule has 3 rings (SSSR count). The maximum absolute atomic E-state index is 13.0. The highest BCUT2D eigenvalue weighted by Crippen LogP contribution is 2.36. The highest BCUT2D eigenvalue weighted by Gasteiger charge is 2.38. The topological polar surface area (TPSA) is 59.1 Å². The maximum atomic E-state index is 13.0. The van der Waals surface area contributed by atoms with Crippen molar-refractivity contribution in [1.29, 1.82) is 0 Å². The van der Waals surface area contributed by atoms with Crippen LogP contribution >= 0.6 is 11.3 Å². The molecule has 1 fully saturated rings. The molecule has 1 aliphatic rings. The monoisotopic (exact) mass is 388 g/mol. The summed E-state index contributed by atoms with van der Waals surface area (Å²) in [6, 6.07) is 9.33. The third-order valence-electron chi connectivity index (χ3n) is 4.77. The fourth-order valence-corrected chi connectivity index (χ4v) is 4.03. The molecule has 0 bridgehead atoms. The number of methoxy groups -OCH3 is 2. The van der Waals surface area contributed by atoms with E-state index in [0.29, 0.717) is 36.8 Å². The van der Waals surface area contributed by atoms with Crippen molar-refractivity contribution in [2.75, 3.05) is 32.2 Å². The number of hydrogen-bond acceptors (Lipinski definition) is 5. The second-order valence-corrected chi connectivity index (χ2v) is 7.41. The van der Waals surface area contributed by atoms with E-state index in [2.05, 4.69) is 0 Å². The Kier molecular flexibility index (Phi) is 6.01. The molecule has 1 aromatic carbocycles. The lowest BCUT2D eigenvalue weighted by molar-refractivity contribution is -0.136. The Morgan fingerprint density at radius 3 is 2.74 bits per heavy atom. The third-order valence-corrected chi connectivity index (χ3v) is 5.63. The summed E-state index contributed by atoms with van der Waals surface area (Å²) in [5.74, 6) is 0.826. The summed E-state index contributed by atoms with van der Waals surface area (Å²) in [7, 11) is 3.14. The number of nitrogens with zero attached hydrogens (tertiary/aromatic N) is 2. The van der Waals surface area contributed by atoms with Crippen molar-refractivity contribution in [2.45, 2.75) is 19.9 Å². The zero-order valence-corrected chi connectivity index (χ0v) is 16.6. The fraction of sp³-hybridized carbons (Fsp3) is 0.400. The van der Waals surface area contributed by atoms with Gasteiger partial charge in [0, 0.05) is 30.5 Å². The first-order valence-corrected chi connectivity index (χ1v) is 9.78. The predicted molar refractivity (Wildman–Crippen MR) is 105 cm³/mol. The number of benzene rings is 1. The van der Waals surface area contributed by atoms with E-state index < -0.39 is 0 Å².